The highest BCUT2D eigenvalue weighted by Gasteiger charge is 2.34. The van der Waals surface area contributed by atoms with Crippen LogP contribution in [0.2, 0.25) is 0 Å². The number of allylic oxidation sites excluding steroid dienone is 2. The fourth-order valence-corrected chi connectivity index (χ4v) is 5.98. The van der Waals surface area contributed by atoms with Crippen molar-refractivity contribution in [3.63, 3.8) is 0 Å². The molecule has 13 nitrogen and oxygen atoms in total. The van der Waals surface area contributed by atoms with Crippen LogP contribution in [0, 0.1) is 6.92 Å². The van der Waals surface area contributed by atoms with Gasteiger partial charge in [0.25, 0.3) is 0 Å². The highest BCUT2D eigenvalue weighted by atomic mass is 16.6. The number of methoxy groups -OCH3 is 2. The average molecular weight is 747 g/mol. The van der Waals surface area contributed by atoms with E-state index in [9.17, 15) is 28.8 Å². The molecule has 1 aliphatic rings. The lowest BCUT2D eigenvalue weighted by Gasteiger charge is -2.19. The quantitative estimate of drug-likeness (QED) is 0.0309. The van der Waals surface area contributed by atoms with Crippen molar-refractivity contribution in [2.75, 3.05) is 27.4 Å². The summed E-state index contributed by atoms with van der Waals surface area (Å²) >= 11 is 0. The first-order chi connectivity index (χ1) is 25.4. The Morgan fingerprint density at radius 3 is 1.74 bits per heavy atom. The van der Waals surface area contributed by atoms with Gasteiger partial charge in [0.05, 0.1) is 14.2 Å². The third-order valence-corrected chi connectivity index (χ3v) is 8.95. The molecule has 0 atom stereocenters. The minimum Gasteiger partial charge on any atom is -0.496 e. The third kappa shape index (κ3) is 16.9. The molecule has 2 rings (SSSR count). The highest BCUT2D eigenvalue weighted by Crippen LogP contribution is 2.43. The van der Waals surface area contributed by atoms with E-state index in [1.165, 1.54) is 21.0 Å². The van der Waals surface area contributed by atoms with E-state index in [4.69, 9.17) is 33.2 Å². The number of carbonyl (C=O) groups is 6. The first kappa shape index (κ1) is 44.7. The monoisotopic (exact) mass is 746 g/mol. The molecule has 0 N–H and O–H groups in total. The topological polar surface area (TPSA) is 167 Å². The van der Waals surface area contributed by atoms with Crippen LogP contribution in [-0.4, -0.2) is 69.4 Å². The van der Waals surface area contributed by atoms with Gasteiger partial charge in [-0.15, -0.1) is 0 Å². The second-order valence-electron chi connectivity index (χ2n) is 13.3. The van der Waals surface area contributed by atoms with Gasteiger partial charge in [0.1, 0.15) is 31.1 Å². The molecule has 0 fully saturated rings. The summed E-state index contributed by atoms with van der Waals surface area (Å²) in [5, 5.41) is 0. The summed E-state index contributed by atoms with van der Waals surface area (Å²) in [7, 11) is 2.90. The van der Waals surface area contributed by atoms with Crippen LogP contribution in [-0.2, 0) is 60.7 Å². The number of esters is 6. The Kier molecular flexibility index (Phi) is 20.9. The Morgan fingerprint density at radius 2 is 1.23 bits per heavy atom. The first-order valence-corrected chi connectivity index (χ1v) is 18.7. The second-order valence-corrected chi connectivity index (χ2v) is 13.3. The van der Waals surface area contributed by atoms with Crippen LogP contribution in [0.3, 0.4) is 0 Å². The second kappa shape index (κ2) is 24.8. The number of hydrogen-bond acceptors (Lipinski definition) is 13. The fraction of sp³-hybridized carbons (Fsp3) is 0.650. The number of unbranched alkanes of at least 4 members (excludes halogenated alkanes) is 10. The summed E-state index contributed by atoms with van der Waals surface area (Å²) < 4.78 is 36.7. The molecule has 13 heteroatoms. The Balaban J connectivity index is 1.70. The Morgan fingerprint density at radius 1 is 0.698 bits per heavy atom. The Labute approximate surface area is 313 Å². The molecule has 0 bridgehead atoms. The molecule has 296 valence electrons. The van der Waals surface area contributed by atoms with E-state index in [1.54, 1.807) is 7.11 Å². The summed E-state index contributed by atoms with van der Waals surface area (Å²) in [6.07, 6.45) is 13.4. The molecule has 0 radical (unpaired) electrons. The lowest BCUT2D eigenvalue weighted by atomic mass is 9.94. The van der Waals surface area contributed by atoms with Gasteiger partial charge < -0.3 is 33.2 Å². The molecule has 0 aromatic heterocycles. The normalized spacial score (nSPS) is 12.2. The first-order valence-electron chi connectivity index (χ1n) is 18.7. The van der Waals surface area contributed by atoms with Crippen molar-refractivity contribution in [3.05, 3.63) is 33.9 Å². The van der Waals surface area contributed by atoms with E-state index in [-0.39, 0.29) is 56.4 Å². The lowest BCUT2D eigenvalue weighted by molar-refractivity contribution is -0.165. The van der Waals surface area contributed by atoms with Crippen molar-refractivity contribution >= 4 is 35.8 Å². The molecule has 1 heterocycles. The van der Waals surface area contributed by atoms with Gasteiger partial charge in [-0.3, -0.25) is 24.0 Å². The molecule has 0 spiro atoms. The molecule has 0 amide bonds. The number of carbonyl (C=O) groups excluding carboxylic acids is 6. The number of benzene rings is 1. The maximum absolute atomic E-state index is 13.0. The van der Waals surface area contributed by atoms with Crippen LogP contribution < -0.4 is 9.47 Å². The van der Waals surface area contributed by atoms with Gasteiger partial charge in [0.15, 0.2) is 11.9 Å². The molecule has 0 aliphatic carbocycles. The summed E-state index contributed by atoms with van der Waals surface area (Å²) in [6, 6.07) is 0. The van der Waals surface area contributed by atoms with Crippen molar-refractivity contribution in [1.82, 2.24) is 0 Å². The molecule has 0 saturated heterocycles. The SMILES string of the molecule is COC(=O)CC/C(C)=C/Cc1c(OC)c(C)c2c(c1OC(=O)CCCCCCCCCCCCCC(=O)OC(COC(C)=O)COC(C)=O)C(=O)OC2. The molecule has 0 unspecified atom stereocenters. The van der Waals surface area contributed by atoms with E-state index >= 15 is 0 Å². The Hall–Kier alpha value is -4.42. The average Bonchev–Trinajstić information content (AvgIpc) is 3.51. The zero-order chi connectivity index (χ0) is 39.2. The van der Waals surface area contributed by atoms with Gasteiger partial charge in [-0.25, -0.2) is 4.79 Å². The van der Waals surface area contributed by atoms with Crippen molar-refractivity contribution in [2.45, 2.75) is 143 Å². The zero-order valence-corrected chi connectivity index (χ0v) is 32.4. The van der Waals surface area contributed by atoms with Crippen LogP contribution in [0.5, 0.6) is 11.5 Å². The van der Waals surface area contributed by atoms with E-state index in [1.807, 2.05) is 19.9 Å². The minimum absolute atomic E-state index is 0.0918. The van der Waals surface area contributed by atoms with Crippen molar-refractivity contribution in [3.8, 4) is 11.5 Å². The summed E-state index contributed by atoms with van der Waals surface area (Å²) in [6.45, 7) is 6.04. The minimum atomic E-state index is -0.820. The van der Waals surface area contributed by atoms with Crippen molar-refractivity contribution < 1.29 is 61.9 Å². The van der Waals surface area contributed by atoms with Crippen molar-refractivity contribution in [1.29, 1.82) is 0 Å². The number of cyclic esters (lactones) is 1. The number of fused-ring (bicyclic) bond motifs is 1. The fourth-order valence-electron chi connectivity index (χ4n) is 5.98. The van der Waals surface area contributed by atoms with E-state index in [0.29, 0.717) is 42.6 Å². The smallest absolute Gasteiger partial charge is 0.342 e. The largest absolute Gasteiger partial charge is 0.496 e. The summed E-state index contributed by atoms with van der Waals surface area (Å²) in [5.41, 5.74) is 3.25. The lowest BCUT2D eigenvalue weighted by Crippen LogP contribution is -2.30. The molecular weight excluding hydrogens is 688 g/mol. The van der Waals surface area contributed by atoms with Crippen molar-refractivity contribution in [2.24, 2.45) is 0 Å². The number of hydrogen-bond donors (Lipinski definition) is 0. The summed E-state index contributed by atoms with van der Waals surface area (Å²) in [4.78, 5) is 71.7. The van der Waals surface area contributed by atoms with E-state index < -0.39 is 36.0 Å². The Bertz CT molecular complexity index is 1410. The molecule has 1 aromatic rings. The zero-order valence-electron chi connectivity index (χ0n) is 32.4. The molecule has 0 saturated carbocycles. The van der Waals surface area contributed by atoms with Gasteiger partial charge in [0.2, 0.25) is 0 Å². The number of rotatable bonds is 26. The van der Waals surface area contributed by atoms with Gasteiger partial charge in [-0.05, 0) is 45.1 Å². The van der Waals surface area contributed by atoms with Crippen LogP contribution in [0.15, 0.2) is 11.6 Å². The predicted molar refractivity (Wildman–Crippen MR) is 194 cm³/mol. The van der Waals surface area contributed by atoms with Gasteiger partial charge in [-0.2, -0.15) is 0 Å². The maximum Gasteiger partial charge on any atom is 0.342 e. The molecule has 1 aromatic carbocycles. The van der Waals surface area contributed by atoms with Gasteiger partial charge in [0, 0.05) is 44.2 Å². The van der Waals surface area contributed by atoms with Crippen LogP contribution in [0.25, 0.3) is 0 Å². The third-order valence-electron chi connectivity index (χ3n) is 8.95. The molecule has 1 aliphatic heterocycles. The van der Waals surface area contributed by atoms with Gasteiger partial charge >= 0.3 is 35.8 Å². The van der Waals surface area contributed by atoms with Crippen LogP contribution in [0.4, 0.5) is 0 Å². The summed E-state index contributed by atoms with van der Waals surface area (Å²) in [5.74, 6) is -1.93. The van der Waals surface area contributed by atoms with Crippen LogP contribution >= 0.6 is 0 Å². The number of ether oxygens (including phenoxy) is 7. The molecule has 53 heavy (non-hydrogen) atoms. The van der Waals surface area contributed by atoms with Gasteiger partial charge in [-0.1, -0.05) is 69.4 Å². The van der Waals surface area contributed by atoms with Crippen LogP contribution in [0.1, 0.15) is 144 Å². The maximum atomic E-state index is 13.0. The predicted octanol–water partition coefficient (Wildman–Crippen LogP) is 7.13. The molecular formula is C40H58O13. The highest BCUT2D eigenvalue weighted by molar-refractivity contribution is 5.99. The van der Waals surface area contributed by atoms with E-state index in [2.05, 4.69) is 0 Å². The van der Waals surface area contributed by atoms with E-state index in [0.717, 1.165) is 68.9 Å². The standard InChI is InChI=1S/C40H58O13/c1-27(21-23-34(43)47-5)20-22-32-38(48-6)28(2)33-26-51-40(46)37(33)39(32)53-36(45)19-17-15-13-11-9-7-8-10-12-14-16-18-35(44)52-31(24-49-29(3)41)25-50-30(4)42/h20,31H,7-19,21-26H2,1-6H3/b27-20+.